The molecule has 8 heteroatoms. The van der Waals surface area contributed by atoms with Crippen LogP contribution in [0.2, 0.25) is 5.02 Å². The van der Waals surface area contributed by atoms with Crippen molar-refractivity contribution >= 4 is 43.9 Å². The molecule has 0 saturated carbocycles. The Labute approximate surface area is 138 Å². The minimum absolute atomic E-state index is 0.0563. The number of halogens is 4. The summed E-state index contributed by atoms with van der Waals surface area (Å²) in [5.41, 5.74) is 0.0241. The quantitative estimate of drug-likeness (QED) is 0.563. The fourth-order valence-corrected chi connectivity index (χ4v) is 4.41. The lowest BCUT2D eigenvalue weighted by molar-refractivity contribution is -0.136. The maximum Gasteiger partial charge on any atom is 0.417 e. The number of benzene rings is 1. The zero-order valence-electron chi connectivity index (χ0n) is 11.9. The van der Waals surface area contributed by atoms with Gasteiger partial charge in [0.15, 0.2) is 6.23 Å². The van der Waals surface area contributed by atoms with Crippen molar-refractivity contribution < 1.29 is 17.9 Å². The molecule has 4 rings (SSSR count). The van der Waals surface area contributed by atoms with Gasteiger partial charge in [0.25, 0.3) is 0 Å². The molecule has 122 valence electrons. The largest absolute Gasteiger partial charge is 0.417 e. The average molecular weight is 361 g/mol. The van der Waals surface area contributed by atoms with Crippen LogP contribution >= 0.6 is 22.9 Å². The number of hydrogen-bond acceptors (Lipinski definition) is 3. The third kappa shape index (κ3) is 2.42. The van der Waals surface area contributed by atoms with Crippen molar-refractivity contribution in [2.45, 2.75) is 31.7 Å². The van der Waals surface area contributed by atoms with Gasteiger partial charge in [-0.25, -0.2) is 4.68 Å². The molecule has 2 aromatic heterocycles. The molecule has 1 aliphatic heterocycles. The summed E-state index contributed by atoms with van der Waals surface area (Å²) in [5, 5.41) is 6.11. The van der Waals surface area contributed by atoms with Gasteiger partial charge in [0.1, 0.15) is 0 Å². The van der Waals surface area contributed by atoms with E-state index in [0.717, 1.165) is 36.0 Å². The standard InChI is InChI=1S/C15H12ClF3N2OS/c16-14-8-6-20-21(12-3-1-2-4-22-12)10(8)5-11-13(14)9(7-23-11)15(17,18)19/h5-7,12H,1-4H2. The Morgan fingerprint density at radius 1 is 1.35 bits per heavy atom. The van der Waals surface area contributed by atoms with Crippen molar-refractivity contribution in [3.8, 4) is 0 Å². The molecule has 1 fully saturated rings. The maximum atomic E-state index is 13.1. The average Bonchev–Trinajstić information content (AvgIpc) is 3.12. The van der Waals surface area contributed by atoms with E-state index in [2.05, 4.69) is 5.10 Å². The van der Waals surface area contributed by atoms with Crippen molar-refractivity contribution in [2.24, 2.45) is 0 Å². The normalized spacial score (nSPS) is 19.7. The summed E-state index contributed by atoms with van der Waals surface area (Å²) in [6.45, 7) is 0.666. The van der Waals surface area contributed by atoms with Gasteiger partial charge in [-0.15, -0.1) is 11.3 Å². The van der Waals surface area contributed by atoms with Crippen molar-refractivity contribution in [3.05, 3.63) is 28.2 Å². The molecule has 1 unspecified atom stereocenters. The number of hydrogen-bond donors (Lipinski definition) is 0. The molecule has 3 nitrogen and oxygen atoms in total. The minimum Gasteiger partial charge on any atom is -0.356 e. The van der Waals surface area contributed by atoms with Crippen molar-refractivity contribution in [2.75, 3.05) is 6.61 Å². The first-order valence-corrected chi connectivity index (χ1v) is 8.48. The molecule has 0 radical (unpaired) electrons. The highest BCUT2D eigenvalue weighted by Crippen LogP contribution is 2.44. The highest BCUT2D eigenvalue weighted by Gasteiger charge is 2.35. The lowest BCUT2D eigenvalue weighted by Crippen LogP contribution is -2.18. The van der Waals surface area contributed by atoms with Crippen LogP contribution in [-0.2, 0) is 10.9 Å². The Morgan fingerprint density at radius 2 is 2.17 bits per heavy atom. The number of alkyl halides is 3. The summed E-state index contributed by atoms with van der Waals surface area (Å²) in [5.74, 6) is 0. The van der Waals surface area contributed by atoms with E-state index in [1.165, 1.54) is 6.20 Å². The summed E-state index contributed by atoms with van der Waals surface area (Å²) < 4.78 is 47.4. The number of thiophene rings is 1. The Bertz CT molecular complexity index is 880. The van der Waals surface area contributed by atoms with E-state index in [1.807, 2.05) is 0 Å². The van der Waals surface area contributed by atoms with E-state index in [0.29, 0.717) is 22.2 Å². The van der Waals surface area contributed by atoms with Gasteiger partial charge in [-0.1, -0.05) is 11.6 Å². The Kier molecular flexibility index (Phi) is 3.55. The van der Waals surface area contributed by atoms with Gasteiger partial charge in [-0.2, -0.15) is 18.3 Å². The van der Waals surface area contributed by atoms with E-state index in [4.69, 9.17) is 16.3 Å². The number of nitrogens with zero attached hydrogens (tertiary/aromatic N) is 2. The van der Waals surface area contributed by atoms with Crippen molar-refractivity contribution in [3.63, 3.8) is 0 Å². The first kappa shape index (κ1) is 15.2. The van der Waals surface area contributed by atoms with Gasteiger partial charge in [-0.3, -0.25) is 0 Å². The lowest BCUT2D eigenvalue weighted by atomic mass is 10.1. The predicted molar refractivity (Wildman–Crippen MR) is 84.0 cm³/mol. The number of aromatic nitrogens is 2. The summed E-state index contributed by atoms with van der Waals surface area (Å²) >= 11 is 7.33. The topological polar surface area (TPSA) is 27.1 Å². The van der Waals surface area contributed by atoms with Gasteiger partial charge in [0, 0.05) is 27.5 Å². The predicted octanol–water partition coefficient (Wildman–Crippen LogP) is 5.62. The van der Waals surface area contributed by atoms with E-state index in [9.17, 15) is 13.2 Å². The molecule has 3 heterocycles. The molecule has 1 aliphatic rings. The number of fused-ring (bicyclic) bond motifs is 2. The van der Waals surface area contributed by atoms with Crippen LogP contribution in [0.15, 0.2) is 17.6 Å². The highest BCUT2D eigenvalue weighted by atomic mass is 35.5. The van der Waals surface area contributed by atoms with Crippen LogP contribution in [0.5, 0.6) is 0 Å². The number of ether oxygens (including phenoxy) is 1. The van der Waals surface area contributed by atoms with Gasteiger partial charge in [0.05, 0.1) is 22.3 Å². The summed E-state index contributed by atoms with van der Waals surface area (Å²) in [6, 6.07) is 1.72. The summed E-state index contributed by atoms with van der Waals surface area (Å²) in [6.07, 6.45) is -0.188. The first-order valence-electron chi connectivity index (χ1n) is 7.22. The molecule has 0 spiro atoms. The van der Waals surface area contributed by atoms with E-state index >= 15 is 0 Å². The molecular weight excluding hydrogens is 349 g/mol. The Balaban J connectivity index is 1.93. The molecule has 3 aromatic rings. The van der Waals surface area contributed by atoms with E-state index < -0.39 is 11.7 Å². The maximum absolute atomic E-state index is 13.1. The fraction of sp³-hybridized carbons (Fsp3) is 0.400. The second-order valence-electron chi connectivity index (χ2n) is 5.55. The third-order valence-corrected chi connectivity index (χ3v) is 5.43. The van der Waals surface area contributed by atoms with Crippen LogP contribution in [0.4, 0.5) is 13.2 Å². The molecule has 1 atom stereocenters. The van der Waals surface area contributed by atoms with Crippen LogP contribution in [0, 0.1) is 0 Å². The molecular formula is C15H12ClF3N2OS. The number of rotatable bonds is 1. The molecule has 0 N–H and O–H groups in total. The zero-order chi connectivity index (χ0) is 16.2. The fourth-order valence-electron chi connectivity index (χ4n) is 3.00. The molecule has 1 saturated heterocycles. The van der Waals surface area contributed by atoms with Gasteiger partial charge in [0.2, 0.25) is 0 Å². The zero-order valence-corrected chi connectivity index (χ0v) is 13.4. The highest BCUT2D eigenvalue weighted by molar-refractivity contribution is 7.17. The van der Waals surface area contributed by atoms with Crippen LogP contribution in [0.25, 0.3) is 21.0 Å². The molecule has 0 aliphatic carbocycles. The molecule has 0 amide bonds. The van der Waals surface area contributed by atoms with Crippen molar-refractivity contribution in [1.82, 2.24) is 9.78 Å². The van der Waals surface area contributed by atoms with Crippen LogP contribution < -0.4 is 0 Å². The SMILES string of the molecule is FC(F)(F)c1csc2cc3c(cnn3C3CCCCO3)c(Cl)c12. The second-order valence-corrected chi connectivity index (χ2v) is 6.84. The van der Waals surface area contributed by atoms with E-state index in [-0.39, 0.29) is 16.6 Å². The Hall–Kier alpha value is -1.31. The first-order chi connectivity index (χ1) is 11.0. The summed E-state index contributed by atoms with van der Waals surface area (Å²) in [4.78, 5) is 0. The van der Waals surface area contributed by atoms with Crippen molar-refractivity contribution in [1.29, 1.82) is 0 Å². The minimum atomic E-state index is -4.42. The smallest absolute Gasteiger partial charge is 0.356 e. The molecule has 0 bridgehead atoms. The molecule has 1 aromatic carbocycles. The summed E-state index contributed by atoms with van der Waals surface area (Å²) in [7, 11) is 0. The third-order valence-electron chi connectivity index (χ3n) is 4.11. The lowest BCUT2D eigenvalue weighted by Gasteiger charge is -2.23. The van der Waals surface area contributed by atoms with Gasteiger partial charge < -0.3 is 4.74 Å². The van der Waals surface area contributed by atoms with Crippen LogP contribution in [-0.4, -0.2) is 16.4 Å². The van der Waals surface area contributed by atoms with Crippen LogP contribution in [0.1, 0.15) is 31.1 Å². The molecule has 23 heavy (non-hydrogen) atoms. The van der Waals surface area contributed by atoms with Gasteiger partial charge in [-0.05, 0) is 25.3 Å². The van der Waals surface area contributed by atoms with E-state index in [1.54, 1.807) is 10.7 Å². The van der Waals surface area contributed by atoms with Gasteiger partial charge >= 0.3 is 6.18 Å². The monoisotopic (exact) mass is 360 g/mol. The second kappa shape index (κ2) is 5.36. The van der Waals surface area contributed by atoms with Crippen LogP contribution in [0.3, 0.4) is 0 Å². The Morgan fingerprint density at radius 3 is 2.87 bits per heavy atom.